The van der Waals surface area contributed by atoms with Gasteiger partial charge in [-0.3, -0.25) is 0 Å². The summed E-state index contributed by atoms with van der Waals surface area (Å²) in [5, 5.41) is 0. The van der Waals surface area contributed by atoms with Gasteiger partial charge < -0.3 is 9.47 Å². The molecule has 5 heteroatoms. The first-order chi connectivity index (χ1) is 9.10. The number of halogens is 2. The highest BCUT2D eigenvalue weighted by Gasteiger charge is 2.14. The van der Waals surface area contributed by atoms with Crippen LogP contribution in [0.4, 0.5) is 8.78 Å². The van der Waals surface area contributed by atoms with Gasteiger partial charge in [-0.2, -0.15) is 0 Å². The molecule has 0 saturated heterocycles. The van der Waals surface area contributed by atoms with E-state index in [9.17, 15) is 13.6 Å². The molecule has 0 aliphatic rings. The molecule has 0 unspecified atom stereocenters. The lowest BCUT2D eigenvalue weighted by Gasteiger charge is -2.06. The van der Waals surface area contributed by atoms with Crippen LogP contribution in [0.5, 0.6) is 11.5 Å². The molecular formula is C14H10F2O3. The molecule has 0 bridgehead atoms. The average molecular weight is 264 g/mol. The summed E-state index contributed by atoms with van der Waals surface area (Å²) in [6.45, 7) is 0. The second kappa shape index (κ2) is 5.48. The molecule has 0 fully saturated rings. The number of carbonyl (C=O) groups excluding carboxylic acids is 1. The van der Waals surface area contributed by atoms with Gasteiger partial charge in [0.25, 0.3) is 0 Å². The van der Waals surface area contributed by atoms with Crippen LogP contribution in [-0.4, -0.2) is 13.1 Å². The first kappa shape index (κ1) is 13.0. The number of carbonyl (C=O) groups is 1. The Kier molecular flexibility index (Phi) is 3.75. The van der Waals surface area contributed by atoms with E-state index in [2.05, 4.69) is 0 Å². The monoisotopic (exact) mass is 264 g/mol. The molecule has 0 radical (unpaired) electrons. The van der Waals surface area contributed by atoms with Crippen LogP contribution in [0.2, 0.25) is 0 Å². The maximum Gasteiger partial charge on any atom is 0.346 e. The van der Waals surface area contributed by atoms with E-state index < -0.39 is 17.6 Å². The zero-order valence-corrected chi connectivity index (χ0v) is 10.0. The van der Waals surface area contributed by atoms with Crippen molar-refractivity contribution < 1.29 is 23.0 Å². The Morgan fingerprint density at radius 2 is 1.63 bits per heavy atom. The third kappa shape index (κ3) is 3.07. The summed E-state index contributed by atoms with van der Waals surface area (Å²) >= 11 is 0. The number of hydrogen-bond donors (Lipinski definition) is 0. The van der Waals surface area contributed by atoms with Gasteiger partial charge >= 0.3 is 5.97 Å². The molecular weight excluding hydrogens is 254 g/mol. The fourth-order valence-electron chi connectivity index (χ4n) is 1.46. The van der Waals surface area contributed by atoms with E-state index in [-0.39, 0.29) is 11.3 Å². The number of rotatable bonds is 3. The summed E-state index contributed by atoms with van der Waals surface area (Å²) in [5.74, 6) is -1.75. The van der Waals surface area contributed by atoms with E-state index in [0.29, 0.717) is 11.8 Å². The van der Waals surface area contributed by atoms with E-state index in [4.69, 9.17) is 9.47 Å². The maximum atomic E-state index is 13.4. The molecule has 98 valence electrons. The Morgan fingerprint density at radius 1 is 1.00 bits per heavy atom. The molecule has 0 amide bonds. The minimum atomic E-state index is -0.960. The minimum Gasteiger partial charge on any atom is -0.497 e. The predicted octanol–water partition coefficient (Wildman–Crippen LogP) is 3.19. The van der Waals surface area contributed by atoms with Gasteiger partial charge in [0.15, 0.2) is 0 Å². The van der Waals surface area contributed by atoms with Gasteiger partial charge in [0.05, 0.1) is 12.7 Å². The molecule has 0 atom stereocenters. The summed E-state index contributed by atoms with van der Waals surface area (Å²) < 4.78 is 36.0. The van der Waals surface area contributed by atoms with Crippen LogP contribution in [0.15, 0.2) is 42.5 Å². The molecule has 0 saturated carbocycles. The Balaban J connectivity index is 2.15. The van der Waals surface area contributed by atoms with Crippen molar-refractivity contribution in [1.82, 2.24) is 0 Å². The molecule has 0 aliphatic carbocycles. The van der Waals surface area contributed by atoms with Crippen molar-refractivity contribution in [2.75, 3.05) is 7.11 Å². The zero-order valence-electron chi connectivity index (χ0n) is 10.0. The Labute approximate surface area is 108 Å². The van der Waals surface area contributed by atoms with Crippen molar-refractivity contribution in [2.45, 2.75) is 0 Å². The fraction of sp³-hybridized carbons (Fsp3) is 0.0714. The molecule has 0 heterocycles. The number of hydrogen-bond acceptors (Lipinski definition) is 3. The lowest BCUT2D eigenvalue weighted by Crippen LogP contribution is -2.10. The van der Waals surface area contributed by atoms with Crippen LogP contribution >= 0.6 is 0 Å². The van der Waals surface area contributed by atoms with Crippen LogP contribution in [0.3, 0.4) is 0 Å². The number of esters is 1. The SMILES string of the molecule is COc1ccc(OC(=O)c2ccc(F)cc2F)cc1. The quantitative estimate of drug-likeness (QED) is 0.631. The van der Waals surface area contributed by atoms with Crippen molar-refractivity contribution in [2.24, 2.45) is 0 Å². The Hall–Kier alpha value is -2.43. The van der Waals surface area contributed by atoms with Gasteiger partial charge in [0, 0.05) is 6.07 Å². The van der Waals surface area contributed by atoms with Crippen molar-refractivity contribution in [3.05, 3.63) is 59.7 Å². The van der Waals surface area contributed by atoms with Crippen molar-refractivity contribution in [3.63, 3.8) is 0 Å². The van der Waals surface area contributed by atoms with Crippen LogP contribution in [0, 0.1) is 11.6 Å². The smallest absolute Gasteiger partial charge is 0.346 e. The highest BCUT2D eigenvalue weighted by molar-refractivity contribution is 5.91. The van der Waals surface area contributed by atoms with Crippen LogP contribution in [0.25, 0.3) is 0 Å². The molecule has 0 spiro atoms. The first-order valence-corrected chi connectivity index (χ1v) is 5.41. The molecule has 0 aromatic heterocycles. The normalized spacial score (nSPS) is 10.1. The van der Waals surface area contributed by atoms with Crippen molar-refractivity contribution >= 4 is 5.97 Å². The summed E-state index contributed by atoms with van der Waals surface area (Å²) in [4.78, 5) is 11.7. The highest BCUT2D eigenvalue weighted by Crippen LogP contribution is 2.19. The highest BCUT2D eigenvalue weighted by atomic mass is 19.1. The third-order valence-corrected chi connectivity index (χ3v) is 2.42. The lowest BCUT2D eigenvalue weighted by molar-refractivity contribution is 0.0729. The van der Waals surface area contributed by atoms with Crippen molar-refractivity contribution in [3.8, 4) is 11.5 Å². The second-order valence-corrected chi connectivity index (χ2v) is 3.69. The fourth-order valence-corrected chi connectivity index (χ4v) is 1.46. The number of methoxy groups -OCH3 is 1. The second-order valence-electron chi connectivity index (χ2n) is 3.69. The van der Waals surface area contributed by atoms with Gasteiger partial charge in [0.2, 0.25) is 0 Å². The van der Waals surface area contributed by atoms with E-state index in [1.165, 1.54) is 19.2 Å². The van der Waals surface area contributed by atoms with Crippen LogP contribution in [-0.2, 0) is 0 Å². The van der Waals surface area contributed by atoms with Gasteiger partial charge in [-0.25, -0.2) is 13.6 Å². The largest absolute Gasteiger partial charge is 0.497 e. The standard InChI is InChI=1S/C14H10F2O3/c1-18-10-3-5-11(6-4-10)19-14(17)12-7-2-9(15)8-13(12)16/h2-8H,1H3. The summed E-state index contributed by atoms with van der Waals surface area (Å²) in [7, 11) is 1.51. The van der Waals surface area contributed by atoms with E-state index >= 15 is 0 Å². The number of ether oxygens (including phenoxy) is 2. The molecule has 2 aromatic carbocycles. The number of benzene rings is 2. The van der Waals surface area contributed by atoms with E-state index in [0.717, 1.165) is 12.1 Å². The van der Waals surface area contributed by atoms with E-state index in [1.807, 2.05) is 0 Å². The predicted molar refractivity (Wildman–Crippen MR) is 64.3 cm³/mol. The maximum absolute atomic E-state index is 13.4. The molecule has 19 heavy (non-hydrogen) atoms. The summed E-state index contributed by atoms with van der Waals surface area (Å²) in [5.41, 5.74) is -0.322. The van der Waals surface area contributed by atoms with Crippen molar-refractivity contribution in [1.29, 1.82) is 0 Å². The van der Waals surface area contributed by atoms with E-state index in [1.54, 1.807) is 12.1 Å². The molecule has 2 rings (SSSR count). The molecule has 0 aliphatic heterocycles. The van der Waals surface area contributed by atoms with Gasteiger partial charge in [0.1, 0.15) is 23.1 Å². The zero-order chi connectivity index (χ0) is 13.8. The third-order valence-electron chi connectivity index (χ3n) is 2.42. The summed E-state index contributed by atoms with van der Waals surface area (Å²) in [6.07, 6.45) is 0. The van der Waals surface area contributed by atoms with Gasteiger partial charge in [-0.1, -0.05) is 0 Å². The first-order valence-electron chi connectivity index (χ1n) is 5.41. The molecule has 0 N–H and O–H groups in total. The summed E-state index contributed by atoms with van der Waals surface area (Å²) in [6, 6.07) is 8.89. The molecule has 3 nitrogen and oxygen atoms in total. The van der Waals surface area contributed by atoms with Crippen LogP contribution in [0.1, 0.15) is 10.4 Å². The van der Waals surface area contributed by atoms with Crippen LogP contribution < -0.4 is 9.47 Å². The lowest BCUT2D eigenvalue weighted by atomic mass is 10.2. The van der Waals surface area contributed by atoms with Gasteiger partial charge in [-0.15, -0.1) is 0 Å². The average Bonchev–Trinajstić information content (AvgIpc) is 2.39. The molecule has 2 aromatic rings. The van der Waals surface area contributed by atoms with Gasteiger partial charge in [-0.05, 0) is 36.4 Å². The Bertz CT molecular complexity index is 594. The Morgan fingerprint density at radius 3 is 2.21 bits per heavy atom. The minimum absolute atomic E-state index is 0.245. The topological polar surface area (TPSA) is 35.5 Å².